The van der Waals surface area contributed by atoms with Gasteiger partial charge in [-0.15, -0.1) is 0 Å². The van der Waals surface area contributed by atoms with Crippen LogP contribution in [0.1, 0.15) is 0 Å². The molecule has 0 saturated heterocycles. The fourth-order valence-electron chi connectivity index (χ4n) is 1.94. The second-order valence-electron chi connectivity index (χ2n) is 4.39. The summed E-state index contributed by atoms with van der Waals surface area (Å²) < 4.78 is 5.78. The quantitative estimate of drug-likeness (QED) is 0.772. The normalized spacial score (nSPS) is 10.2. The summed E-state index contributed by atoms with van der Waals surface area (Å²) in [4.78, 5) is 4.20. The number of rotatable bonds is 3. The van der Waals surface area contributed by atoms with Crippen LogP contribution in [0.2, 0.25) is 0 Å². The Kier molecular flexibility index (Phi) is 3.33. The van der Waals surface area contributed by atoms with Crippen LogP contribution in [-0.4, -0.2) is 4.98 Å². The number of pyridine rings is 1. The highest BCUT2D eigenvalue weighted by Gasteiger charge is 2.06. The summed E-state index contributed by atoms with van der Waals surface area (Å²) in [5.41, 5.74) is 7.94. The third-order valence-electron chi connectivity index (χ3n) is 2.96. The average Bonchev–Trinajstić information content (AvgIpc) is 2.51. The lowest BCUT2D eigenvalue weighted by atomic mass is 10.1. The number of anilines is 1. The third-order valence-corrected chi connectivity index (χ3v) is 2.96. The molecule has 0 unspecified atom stereocenters. The van der Waals surface area contributed by atoms with E-state index < -0.39 is 0 Å². The van der Waals surface area contributed by atoms with E-state index in [2.05, 4.69) is 4.98 Å². The van der Waals surface area contributed by atoms with Gasteiger partial charge in [0.1, 0.15) is 5.75 Å². The maximum absolute atomic E-state index is 5.88. The molecule has 3 heteroatoms. The molecule has 3 rings (SSSR count). The molecular formula is C17H14N2O. The molecule has 3 nitrogen and oxygen atoms in total. The van der Waals surface area contributed by atoms with Crippen LogP contribution in [0.15, 0.2) is 72.9 Å². The molecule has 98 valence electrons. The predicted octanol–water partition coefficient (Wildman–Crippen LogP) is 4.12. The molecular weight excluding hydrogens is 248 g/mol. The smallest absolute Gasteiger partial charge is 0.170 e. The van der Waals surface area contributed by atoms with Gasteiger partial charge in [0.25, 0.3) is 0 Å². The van der Waals surface area contributed by atoms with Gasteiger partial charge in [-0.05, 0) is 23.8 Å². The minimum absolute atomic E-state index is 0.383. The molecule has 3 aromatic rings. The number of ether oxygens (including phenoxy) is 1. The fraction of sp³-hybridized carbons (Fsp3) is 0. The minimum Gasteiger partial charge on any atom is -0.453 e. The number of nitrogens with two attached hydrogens (primary N) is 1. The van der Waals surface area contributed by atoms with Crippen molar-refractivity contribution in [3.8, 4) is 22.6 Å². The van der Waals surface area contributed by atoms with E-state index in [9.17, 15) is 0 Å². The monoisotopic (exact) mass is 262 g/mol. The molecule has 2 aromatic carbocycles. The topological polar surface area (TPSA) is 48.1 Å². The Balaban J connectivity index is 1.95. The Bertz CT molecular complexity index is 697. The van der Waals surface area contributed by atoms with E-state index in [1.165, 1.54) is 0 Å². The SMILES string of the molecule is Nc1ncc(-c2ccccc2)cc1Oc1ccccc1. The van der Waals surface area contributed by atoms with Crippen LogP contribution in [0, 0.1) is 0 Å². The summed E-state index contributed by atoms with van der Waals surface area (Å²) in [5, 5.41) is 0. The number of nitrogens with zero attached hydrogens (tertiary/aromatic N) is 1. The van der Waals surface area contributed by atoms with Gasteiger partial charge < -0.3 is 10.5 Å². The van der Waals surface area contributed by atoms with Crippen LogP contribution in [-0.2, 0) is 0 Å². The zero-order valence-electron chi connectivity index (χ0n) is 10.9. The largest absolute Gasteiger partial charge is 0.453 e. The zero-order chi connectivity index (χ0) is 13.8. The van der Waals surface area contributed by atoms with Crippen LogP contribution in [0.4, 0.5) is 5.82 Å². The summed E-state index contributed by atoms with van der Waals surface area (Å²) in [6, 6.07) is 21.5. The molecule has 2 N–H and O–H groups in total. The van der Waals surface area contributed by atoms with Crippen molar-refractivity contribution in [3.63, 3.8) is 0 Å². The van der Waals surface area contributed by atoms with Crippen LogP contribution >= 0.6 is 0 Å². The Morgan fingerprint density at radius 3 is 2.15 bits per heavy atom. The average molecular weight is 262 g/mol. The minimum atomic E-state index is 0.383. The standard InChI is InChI=1S/C17H14N2O/c18-17-16(20-15-9-5-2-6-10-15)11-14(12-19-17)13-7-3-1-4-8-13/h1-12H,(H2,18,19). The van der Waals surface area contributed by atoms with Gasteiger partial charge in [-0.1, -0.05) is 48.5 Å². The molecule has 0 aliphatic heterocycles. The van der Waals surface area contributed by atoms with Gasteiger partial charge >= 0.3 is 0 Å². The summed E-state index contributed by atoms with van der Waals surface area (Å²) >= 11 is 0. The maximum Gasteiger partial charge on any atom is 0.170 e. The number of nitrogen functional groups attached to an aromatic ring is 1. The number of hydrogen-bond acceptors (Lipinski definition) is 3. The van der Waals surface area contributed by atoms with Crippen molar-refractivity contribution in [1.82, 2.24) is 4.98 Å². The van der Waals surface area contributed by atoms with Gasteiger partial charge in [-0.3, -0.25) is 0 Å². The zero-order valence-corrected chi connectivity index (χ0v) is 10.9. The number of hydrogen-bond donors (Lipinski definition) is 1. The highest BCUT2D eigenvalue weighted by molar-refractivity contribution is 5.67. The van der Waals surface area contributed by atoms with Crippen molar-refractivity contribution < 1.29 is 4.74 Å². The molecule has 0 saturated carbocycles. The Morgan fingerprint density at radius 2 is 1.45 bits per heavy atom. The Labute approximate surface area is 117 Å². The van der Waals surface area contributed by atoms with Crippen molar-refractivity contribution >= 4 is 5.82 Å². The van der Waals surface area contributed by atoms with Gasteiger partial charge in [0, 0.05) is 11.8 Å². The van der Waals surface area contributed by atoms with E-state index in [0.717, 1.165) is 16.9 Å². The van der Waals surface area contributed by atoms with Gasteiger partial charge in [0.2, 0.25) is 0 Å². The van der Waals surface area contributed by atoms with Gasteiger partial charge in [0.05, 0.1) is 0 Å². The highest BCUT2D eigenvalue weighted by atomic mass is 16.5. The lowest BCUT2D eigenvalue weighted by Crippen LogP contribution is -1.95. The van der Waals surface area contributed by atoms with Crippen LogP contribution < -0.4 is 10.5 Å². The third kappa shape index (κ3) is 2.62. The van der Waals surface area contributed by atoms with Crippen LogP contribution in [0.25, 0.3) is 11.1 Å². The molecule has 0 amide bonds. The molecule has 0 spiro atoms. The molecule has 1 aromatic heterocycles. The Morgan fingerprint density at radius 1 is 0.800 bits per heavy atom. The number of para-hydroxylation sites is 1. The second kappa shape index (κ2) is 5.45. The van der Waals surface area contributed by atoms with E-state index in [1.54, 1.807) is 6.20 Å². The molecule has 20 heavy (non-hydrogen) atoms. The van der Waals surface area contributed by atoms with E-state index in [0.29, 0.717) is 11.6 Å². The molecule has 0 atom stereocenters. The van der Waals surface area contributed by atoms with Crippen LogP contribution in [0.3, 0.4) is 0 Å². The summed E-state index contributed by atoms with van der Waals surface area (Å²) in [5.74, 6) is 1.69. The molecule has 0 bridgehead atoms. The number of aromatic nitrogens is 1. The van der Waals surface area contributed by atoms with E-state index >= 15 is 0 Å². The molecule has 0 aliphatic carbocycles. The fourth-order valence-corrected chi connectivity index (χ4v) is 1.94. The summed E-state index contributed by atoms with van der Waals surface area (Å²) in [6.45, 7) is 0. The Hall–Kier alpha value is -2.81. The van der Waals surface area contributed by atoms with Crippen LogP contribution in [0.5, 0.6) is 11.5 Å². The van der Waals surface area contributed by atoms with E-state index in [1.807, 2.05) is 66.7 Å². The van der Waals surface area contributed by atoms with Crippen molar-refractivity contribution in [3.05, 3.63) is 72.9 Å². The maximum atomic E-state index is 5.88. The lowest BCUT2D eigenvalue weighted by Gasteiger charge is -2.09. The molecule has 0 fully saturated rings. The van der Waals surface area contributed by atoms with Crippen molar-refractivity contribution in [2.45, 2.75) is 0 Å². The van der Waals surface area contributed by atoms with Gasteiger partial charge in [-0.25, -0.2) is 4.98 Å². The first-order valence-corrected chi connectivity index (χ1v) is 6.37. The van der Waals surface area contributed by atoms with Crippen molar-refractivity contribution in [1.29, 1.82) is 0 Å². The number of benzene rings is 2. The van der Waals surface area contributed by atoms with Gasteiger partial charge in [0.15, 0.2) is 11.6 Å². The lowest BCUT2D eigenvalue weighted by molar-refractivity contribution is 0.483. The summed E-state index contributed by atoms with van der Waals surface area (Å²) in [7, 11) is 0. The molecule has 1 heterocycles. The first-order chi connectivity index (χ1) is 9.83. The van der Waals surface area contributed by atoms with Gasteiger partial charge in [-0.2, -0.15) is 0 Å². The first kappa shape index (κ1) is 12.2. The van der Waals surface area contributed by atoms with Crippen molar-refractivity contribution in [2.24, 2.45) is 0 Å². The molecule has 0 radical (unpaired) electrons. The predicted molar refractivity (Wildman–Crippen MR) is 80.6 cm³/mol. The molecule has 0 aliphatic rings. The summed E-state index contributed by atoms with van der Waals surface area (Å²) in [6.07, 6.45) is 1.75. The van der Waals surface area contributed by atoms with E-state index in [4.69, 9.17) is 10.5 Å². The first-order valence-electron chi connectivity index (χ1n) is 6.37. The highest BCUT2D eigenvalue weighted by Crippen LogP contribution is 2.30. The van der Waals surface area contributed by atoms with E-state index in [-0.39, 0.29) is 0 Å². The second-order valence-corrected chi connectivity index (χ2v) is 4.39. The van der Waals surface area contributed by atoms with Crippen molar-refractivity contribution in [2.75, 3.05) is 5.73 Å².